The molecule has 2 aliphatic heterocycles. The van der Waals surface area contributed by atoms with Crippen LogP contribution in [0.25, 0.3) is 11.2 Å². The molecule has 0 radical (unpaired) electrons. The van der Waals surface area contributed by atoms with Crippen LogP contribution < -0.4 is 0 Å². The number of hydrogen-bond acceptors (Lipinski definition) is 4. The number of benzene rings is 1. The van der Waals surface area contributed by atoms with E-state index in [1.165, 1.54) is 0 Å². The van der Waals surface area contributed by atoms with Crippen LogP contribution in [0.3, 0.4) is 0 Å². The number of aromatic amines is 1. The molecular weight excluding hydrogens is 503 g/mol. The van der Waals surface area contributed by atoms with Crippen molar-refractivity contribution in [2.75, 3.05) is 19.8 Å². The first-order chi connectivity index (χ1) is 16.8. The van der Waals surface area contributed by atoms with E-state index in [0.717, 1.165) is 41.9 Å². The van der Waals surface area contributed by atoms with E-state index in [0.29, 0.717) is 44.2 Å². The van der Waals surface area contributed by atoms with Crippen molar-refractivity contribution >= 4 is 27.3 Å². The Morgan fingerprint density at radius 1 is 1.03 bits per heavy atom. The average molecular weight is 531 g/mol. The summed E-state index contributed by atoms with van der Waals surface area (Å²) in [6, 6.07) is 3.98. The number of likely N-dealkylation sites (tertiary alicyclic amines) is 1. The van der Waals surface area contributed by atoms with Crippen LogP contribution in [-0.4, -0.2) is 51.6 Å². The number of carbonyl (C=O) groups excluding carboxylic acids is 1. The highest BCUT2D eigenvalue weighted by molar-refractivity contribution is 8.45. The van der Waals surface area contributed by atoms with E-state index in [4.69, 9.17) is 9.72 Å². The van der Waals surface area contributed by atoms with Gasteiger partial charge in [-0.25, -0.2) is 9.97 Å². The number of imidazole rings is 1. The van der Waals surface area contributed by atoms with Crippen molar-refractivity contribution in [2.45, 2.75) is 55.4 Å². The second kappa shape index (κ2) is 8.14. The molecule has 0 spiro atoms. The number of piperidine rings is 1. The summed E-state index contributed by atoms with van der Waals surface area (Å²) in [6.45, 7) is 3.67. The fourth-order valence-corrected chi connectivity index (χ4v) is 5.88. The minimum absolute atomic E-state index is 0.0492. The molecule has 0 aliphatic carbocycles. The van der Waals surface area contributed by atoms with E-state index >= 15 is 0 Å². The Balaban J connectivity index is 1.32. The van der Waals surface area contributed by atoms with Gasteiger partial charge in [0.2, 0.25) is 0 Å². The van der Waals surface area contributed by atoms with Gasteiger partial charge in [-0.1, -0.05) is 19.4 Å². The molecule has 0 unspecified atom stereocenters. The largest absolute Gasteiger partial charge is 0.381 e. The normalized spacial score (nSPS) is 23.9. The second-order valence-electron chi connectivity index (χ2n) is 9.67. The predicted octanol–water partition coefficient (Wildman–Crippen LogP) is 6.92. The summed E-state index contributed by atoms with van der Waals surface area (Å²) in [6.07, 6.45) is 4.81. The Morgan fingerprint density at radius 2 is 1.72 bits per heavy atom. The Kier molecular flexibility index (Phi) is 5.64. The highest BCUT2D eigenvalue weighted by Gasteiger charge is 2.65. The van der Waals surface area contributed by atoms with E-state index < -0.39 is 21.0 Å². The lowest BCUT2D eigenvalue weighted by Crippen LogP contribution is -2.44. The van der Waals surface area contributed by atoms with Gasteiger partial charge in [0, 0.05) is 43.5 Å². The lowest BCUT2D eigenvalue weighted by molar-refractivity contribution is 0.0616. The molecule has 3 aromatic rings. The number of aromatic nitrogens is 3. The van der Waals surface area contributed by atoms with E-state index in [9.17, 15) is 24.2 Å². The van der Waals surface area contributed by atoms with Gasteiger partial charge in [-0.2, -0.15) is 0 Å². The number of pyridine rings is 1. The number of hydrogen-bond donors (Lipinski definition) is 1. The molecule has 0 saturated carbocycles. The van der Waals surface area contributed by atoms with Gasteiger partial charge in [-0.05, 0) is 74.4 Å². The molecule has 0 bridgehead atoms. The van der Waals surface area contributed by atoms with E-state index in [2.05, 4.69) is 9.97 Å². The summed E-state index contributed by atoms with van der Waals surface area (Å²) in [5, 5.41) is 0. The predicted molar refractivity (Wildman–Crippen MR) is 127 cm³/mol. The van der Waals surface area contributed by atoms with Crippen molar-refractivity contribution in [1.29, 1.82) is 0 Å². The van der Waals surface area contributed by atoms with Crippen molar-refractivity contribution in [1.82, 2.24) is 19.9 Å². The molecule has 2 aromatic heterocycles. The highest BCUT2D eigenvalue weighted by Crippen LogP contribution is 3.02. The number of rotatable bonds is 4. The van der Waals surface area contributed by atoms with Crippen molar-refractivity contribution in [2.24, 2.45) is 0 Å². The van der Waals surface area contributed by atoms with Gasteiger partial charge in [0.1, 0.15) is 10.7 Å². The van der Waals surface area contributed by atoms with Crippen LogP contribution in [-0.2, 0) is 4.74 Å². The average Bonchev–Trinajstić information content (AvgIpc) is 3.27. The molecule has 4 heterocycles. The number of nitrogens with zero attached hydrogens (tertiary/aromatic N) is 3. The Hall–Kier alpha value is -2.73. The minimum Gasteiger partial charge on any atom is -0.381 e. The first-order valence-electron chi connectivity index (χ1n) is 11.9. The van der Waals surface area contributed by atoms with Gasteiger partial charge in [0.05, 0.1) is 5.52 Å². The third-order valence-corrected chi connectivity index (χ3v) is 8.34. The van der Waals surface area contributed by atoms with Gasteiger partial charge in [0.25, 0.3) is 5.91 Å². The maximum Gasteiger partial charge on any atom is 0.310 e. The zero-order chi connectivity index (χ0) is 25.8. The molecule has 1 aromatic carbocycles. The fraction of sp³-hybridized carbons (Fsp3) is 0.458. The van der Waals surface area contributed by atoms with Crippen LogP contribution in [0.2, 0.25) is 0 Å². The Bertz CT molecular complexity index is 1290. The van der Waals surface area contributed by atoms with Gasteiger partial charge in [-0.3, -0.25) is 4.79 Å². The van der Waals surface area contributed by atoms with Crippen molar-refractivity contribution in [3.8, 4) is 0 Å². The summed E-state index contributed by atoms with van der Waals surface area (Å²) >= 11 is 0. The van der Waals surface area contributed by atoms with Crippen LogP contribution in [0, 0.1) is 0 Å². The van der Waals surface area contributed by atoms with Crippen LogP contribution in [0.15, 0.2) is 41.4 Å². The zero-order valence-electron chi connectivity index (χ0n) is 19.6. The topological polar surface area (TPSA) is 71.1 Å². The van der Waals surface area contributed by atoms with Crippen molar-refractivity contribution < 1.29 is 29.0 Å². The van der Waals surface area contributed by atoms with Crippen LogP contribution in [0.4, 0.5) is 19.4 Å². The second-order valence-corrected chi connectivity index (χ2v) is 12.1. The summed E-state index contributed by atoms with van der Waals surface area (Å²) in [4.78, 5) is 25.2. The smallest absolute Gasteiger partial charge is 0.310 e. The first kappa shape index (κ1) is 24.9. The van der Waals surface area contributed by atoms with E-state index in [1.54, 1.807) is 11.1 Å². The number of nitrogens with one attached hydrogen (secondary N) is 1. The molecule has 196 valence electrons. The third kappa shape index (κ3) is 4.93. The van der Waals surface area contributed by atoms with Crippen molar-refractivity contribution in [3.63, 3.8) is 0 Å². The van der Waals surface area contributed by atoms with Gasteiger partial charge in [-0.15, -0.1) is 0 Å². The van der Waals surface area contributed by atoms with Crippen LogP contribution in [0.1, 0.15) is 66.2 Å². The summed E-state index contributed by atoms with van der Waals surface area (Å²) in [5.74, 6) is 0.861. The minimum atomic E-state index is -9.78. The molecule has 6 nitrogen and oxygen atoms in total. The molecule has 2 saturated heterocycles. The molecule has 2 fully saturated rings. The van der Waals surface area contributed by atoms with Crippen molar-refractivity contribution in [3.05, 3.63) is 53.5 Å². The molecule has 12 heteroatoms. The van der Waals surface area contributed by atoms with Gasteiger partial charge >= 0.3 is 10.2 Å². The summed E-state index contributed by atoms with van der Waals surface area (Å²) in [5.41, 5.74) is 2.57. The monoisotopic (exact) mass is 530 g/mol. The molecular formula is C24H27F5N4O2S. The lowest BCUT2D eigenvalue weighted by Gasteiger charge is -2.40. The molecule has 1 amide bonds. The van der Waals surface area contributed by atoms with Crippen LogP contribution >= 0.6 is 10.2 Å². The summed E-state index contributed by atoms with van der Waals surface area (Å²) in [7, 11) is -9.78. The van der Waals surface area contributed by atoms with E-state index in [-0.39, 0.29) is 29.7 Å². The highest BCUT2D eigenvalue weighted by atomic mass is 32.5. The maximum absolute atomic E-state index is 13.0. The number of H-pyrrole nitrogens is 1. The summed E-state index contributed by atoms with van der Waals surface area (Å²) < 4.78 is 70.5. The number of ether oxygens (including phenoxy) is 1. The SMILES string of the molecule is C[C@H]1C[C@H](c2ccnc3nc(C4CCOCC4)[nH]c23)CCN1C(=O)c1ccc(S(F)(F)(F)(F)F)cc1. The molecule has 2 atom stereocenters. The number of fused-ring (bicyclic) bond motifs is 1. The third-order valence-electron chi connectivity index (χ3n) is 7.17. The number of carbonyl (C=O) groups is 1. The maximum atomic E-state index is 13.0. The molecule has 5 rings (SSSR count). The first-order valence-corrected chi connectivity index (χ1v) is 13.8. The lowest BCUT2D eigenvalue weighted by atomic mass is 9.85. The van der Waals surface area contributed by atoms with E-state index in [1.807, 2.05) is 13.0 Å². The molecule has 2 aliphatic rings. The zero-order valence-corrected chi connectivity index (χ0v) is 20.4. The standard InChI is InChI=1S/C24H27F5N4O2S/c1-15-14-18(20-6-10-30-23-21(20)31-22(32-23)16-8-12-35-13-9-16)7-11-33(15)24(34)17-2-4-19(5-3-17)36(25,26,27,28)29/h2-6,10,15-16,18H,7-9,11-14H2,1H3,(H,30,31,32)/t15-,18+/m0/s1. The Morgan fingerprint density at radius 3 is 2.36 bits per heavy atom. The number of halogens is 5. The van der Waals surface area contributed by atoms with Crippen LogP contribution in [0.5, 0.6) is 0 Å². The number of amides is 1. The molecule has 1 N–H and O–H groups in total. The quantitative estimate of drug-likeness (QED) is 0.372. The molecule has 36 heavy (non-hydrogen) atoms. The fourth-order valence-electron chi connectivity index (χ4n) is 5.23. The van der Waals surface area contributed by atoms with Gasteiger partial charge < -0.3 is 14.6 Å². The van der Waals surface area contributed by atoms with Gasteiger partial charge in [0.15, 0.2) is 5.65 Å². The Labute approximate surface area is 205 Å².